The fraction of sp³-hybridized carbons (Fsp3) is 0.727. The first-order valence-corrected chi connectivity index (χ1v) is 5.19. The first kappa shape index (κ1) is 12.7. The van der Waals surface area contributed by atoms with Crippen LogP contribution in [0.1, 0.15) is 27.2 Å². The minimum Gasteiger partial charge on any atom is -0.444 e. The Kier molecular flexibility index (Phi) is 3.70. The number of hydrogen-bond acceptors (Lipinski definition) is 3. The van der Waals surface area contributed by atoms with Gasteiger partial charge in [-0.05, 0) is 27.2 Å². The maximum atomic E-state index is 13.3. The van der Waals surface area contributed by atoms with Crippen LogP contribution in [0.4, 0.5) is 9.18 Å². The van der Waals surface area contributed by atoms with Crippen LogP contribution in [0.3, 0.4) is 0 Å². The van der Waals surface area contributed by atoms with E-state index < -0.39 is 17.9 Å². The molecule has 1 heterocycles. The molecule has 1 fully saturated rings. The molecule has 1 rings (SSSR count). The molecule has 1 aliphatic heterocycles. The molecule has 0 unspecified atom stereocenters. The Morgan fingerprint density at radius 1 is 1.56 bits per heavy atom. The summed E-state index contributed by atoms with van der Waals surface area (Å²) in [5.41, 5.74) is -0.497. The minimum atomic E-state index is -1.42. The predicted molar refractivity (Wildman–Crippen MR) is 56.5 cm³/mol. The molecule has 0 bridgehead atoms. The number of amides is 1. The summed E-state index contributed by atoms with van der Waals surface area (Å²) in [6.45, 7) is 5.43. The van der Waals surface area contributed by atoms with Crippen LogP contribution in [0.15, 0.2) is 5.57 Å². The van der Waals surface area contributed by atoms with E-state index in [2.05, 4.69) is 0 Å². The lowest BCUT2D eigenvalue weighted by molar-refractivity contribution is 0.0186. The number of halogens is 1. The first-order chi connectivity index (χ1) is 7.33. The molecule has 1 amide bonds. The molecule has 5 heteroatoms. The molecule has 0 aliphatic carbocycles. The molecule has 0 saturated carbocycles. The van der Waals surface area contributed by atoms with Crippen molar-refractivity contribution < 1.29 is 18.7 Å². The van der Waals surface area contributed by atoms with E-state index in [1.54, 1.807) is 26.7 Å². The third-order valence-corrected chi connectivity index (χ3v) is 2.19. The van der Waals surface area contributed by atoms with Crippen molar-refractivity contribution in [3.63, 3.8) is 0 Å². The maximum absolute atomic E-state index is 13.3. The Hall–Kier alpha value is -1.35. The lowest BCUT2D eigenvalue weighted by Crippen LogP contribution is -2.44. The number of carbonyl (C=O) groups excluding carboxylic acids is 2. The van der Waals surface area contributed by atoms with Gasteiger partial charge in [0.25, 0.3) is 0 Å². The van der Waals surface area contributed by atoms with E-state index in [9.17, 15) is 14.0 Å². The summed E-state index contributed by atoms with van der Waals surface area (Å²) >= 11 is 0. The fourth-order valence-electron chi connectivity index (χ4n) is 1.41. The Balaban J connectivity index is 2.58. The molecule has 0 aromatic carbocycles. The first-order valence-electron chi connectivity index (χ1n) is 5.19. The second kappa shape index (κ2) is 4.66. The topological polar surface area (TPSA) is 46.6 Å². The molecule has 0 aromatic heterocycles. The maximum Gasteiger partial charge on any atom is 0.410 e. The highest BCUT2D eigenvalue weighted by Gasteiger charge is 2.30. The Morgan fingerprint density at radius 2 is 2.19 bits per heavy atom. The second-order valence-electron chi connectivity index (χ2n) is 4.77. The molecule has 16 heavy (non-hydrogen) atoms. The van der Waals surface area contributed by atoms with Crippen molar-refractivity contribution in [3.05, 3.63) is 5.57 Å². The summed E-state index contributed by atoms with van der Waals surface area (Å²) in [4.78, 5) is 23.2. The summed E-state index contributed by atoms with van der Waals surface area (Å²) in [5, 5.41) is 0. The van der Waals surface area contributed by atoms with Gasteiger partial charge in [-0.2, -0.15) is 0 Å². The van der Waals surface area contributed by atoms with Gasteiger partial charge < -0.3 is 9.64 Å². The lowest BCUT2D eigenvalue weighted by Gasteiger charge is -2.31. The van der Waals surface area contributed by atoms with Crippen molar-refractivity contribution in [2.45, 2.75) is 39.0 Å². The van der Waals surface area contributed by atoms with E-state index in [0.29, 0.717) is 6.54 Å². The molecule has 1 saturated heterocycles. The van der Waals surface area contributed by atoms with E-state index in [1.807, 2.05) is 0 Å². The summed E-state index contributed by atoms with van der Waals surface area (Å²) in [6.07, 6.45) is -1.73. The number of alkyl halides is 1. The zero-order chi connectivity index (χ0) is 12.3. The van der Waals surface area contributed by atoms with Gasteiger partial charge in [-0.15, -0.1) is 0 Å². The highest BCUT2D eigenvalue weighted by Crippen LogP contribution is 2.19. The average molecular weight is 229 g/mol. The van der Waals surface area contributed by atoms with E-state index in [1.165, 1.54) is 4.90 Å². The van der Waals surface area contributed by atoms with Crippen molar-refractivity contribution in [2.24, 2.45) is 0 Å². The van der Waals surface area contributed by atoms with Gasteiger partial charge in [0.2, 0.25) is 0 Å². The van der Waals surface area contributed by atoms with Crippen LogP contribution < -0.4 is 0 Å². The van der Waals surface area contributed by atoms with E-state index in [4.69, 9.17) is 4.74 Å². The predicted octanol–water partition coefficient (Wildman–Crippen LogP) is 1.72. The lowest BCUT2D eigenvalue weighted by atomic mass is 10.0. The fourth-order valence-corrected chi connectivity index (χ4v) is 1.41. The molecule has 0 aromatic rings. The van der Waals surface area contributed by atoms with Crippen molar-refractivity contribution >= 4 is 12.0 Å². The van der Waals surface area contributed by atoms with Gasteiger partial charge >= 0.3 is 6.09 Å². The number of likely N-dealkylation sites (tertiary alicyclic amines) is 1. The number of hydrogen-bond donors (Lipinski definition) is 0. The number of ether oxygens (including phenoxy) is 1. The third kappa shape index (κ3) is 3.35. The normalized spacial score (nSPS) is 21.6. The van der Waals surface area contributed by atoms with Gasteiger partial charge in [-0.25, -0.2) is 14.0 Å². The van der Waals surface area contributed by atoms with Crippen molar-refractivity contribution in [1.82, 2.24) is 4.90 Å². The minimum absolute atomic E-state index is 0.0970. The van der Waals surface area contributed by atoms with Crippen molar-refractivity contribution in [3.8, 4) is 0 Å². The van der Waals surface area contributed by atoms with Crippen LogP contribution in [0, 0.1) is 0 Å². The van der Waals surface area contributed by atoms with Gasteiger partial charge in [0.05, 0.1) is 12.1 Å². The molecule has 90 valence electrons. The highest BCUT2D eigenvalue weighted by molar-refractivity contribution is 5.69. The highest BCUT2D eigenvalue weighted by atomic mass is 19.1. The van der Waals surface area contributed by atoms with Gasteiger partial charge in [-0.1, -0.05) is 0 Å². The number of rotatable bonds is 0. The molecule has 0 radical (unpaired) electrons. The molecule has 1 aliphatic rings. The zero-order valence-corrected chi connectivity index (χ0v) is 9.75. The standard InChI is InChI=1S/C11H16FNO3/c1-11(2,3)16-10(15)13-5-4-8(7-14)9(12)6-13/h9H,4-6H2,1-3H3/t9-/m1/s1. The van der Waals surface area contributed by atoms with Gasteiger partial charge in [0.1, 0.15) is 17.7 Å². The summed E-state index contributed by atoms with van der Waals surface area (Å²) in [5.74, 6) is 1.57. The zero-order valence-electron chi connectivity index (χ0n) is 9.75. The summed E-state index contributed by atoms with van der Waals surface area (Å²) < 4.78 is 18.4. The monoisotopic (exact) mass is 229 g/mol. The summed E-state index contributed by atoms with van der Waals surface area (Å²) in [6, 6.07) is 0. The largest absolute Gasteiger partial charge is 0.444 e. The van der Waals surface area contributed by atoms with Crippen LogP contribution in [0.5, 0.6) is 0 Å². The Bertz CT molecular complexity index is 329. The smallest absolute Gasteiger partial charge is 0.410 e. The van der Waals surface area contributed by atoms with Gasteiger partial charge in [0, 0.05) is 6.54 Å². The van der Waals surface area contributed by atoms with Crippen LogP contribution in [-0.4, -0.2) is 41.8 Å². The van der Waals surface area contributed by atoms with Gasteiger partial charge in [0.15, 0.2) is 0 Å². The second-order valence-corrected chi connectivity index (χ2v) is 4.77. The van der Waals surface area contributed by atoms with E-state index in [0.717, 1.165) is 0 Å². The van der Waals surface area contributed by atoms with E-state index in [-0.39, 0.29) is 18.5 Å². The number of piperidine rings is 1. The Labute approximate surface area is 94.1 Å². The third-order valence-electron chi connectivity index (χ3n) is 2.19. The van der Waals surface area contributed by atoms with Crippen LogP contribution in [0.25, 0.3) is 0 Å². The van der Waals surface area contributed by atoms with Crippen LogP contribution in [-0.2, 0) is 9.53 Å². The Morgan fingerprint density at radius 3 is 2.62 bits per heavy atom. The van der Waals surface area contributed by atoms with Crippen molar-refractivity contribution in [2.75, 3.05) is 13.1 Å². The summed E-state index contributed by atoms with van der Waals surface area (Å²) in [7, 11) is 0. The quantitative estimate of drug-likeness (QED) is 0.594. The SMILES string of the molecule is CC(C)(C)OC(=O)N1CCC(=C=O)[C@H](F)C1. The van der Waals surface area contributed by atoms with Gasteiger partial charge in [-0.3, -0.25) is 0 Å². The molecular formula is C11H16FNO3. The van der Waals surface area contributed by atoms with E-state index >= 15 is 0 Å². The van der Waals surface area contributed by atoms with Crippen LogP contribution in [0.2, 0.25) is 0 Å². The molecule has 0 N–H and O–H groups in total. The molecule has 1 atom stereocenters. The number of carbonyl (C=O) groups is 1. The van der Waals surface area contributed by atoms with Crippen LogP contribution >= 0.6 is 0 Å². The molecule has 4 nitrogen and oxygen atoms in total. The molecule has 0 spiro atoms. The number of nitrogens with zero attached hydrogens (tertiary/aromatic N) is 1. The molecular weight excluding hydrogens is 213 g/mol. The van der Waals surface area contributed by atoms with Crippen molar-refractivity contribution in [1.29, 1.82) is 0 Å². The average Bonchev–Trinajstić information content (AvgIpc) is 2.15.